The zero-order valence-electron chi connectivity index (χ0n) is 14.5. The second-order valence-electron chi connectivity index (χ2n) is 6.83. The molecule has 3 nitrogen and oxygen atoms in total. The number of nitrogens with zero attached hydrogens (tertiary/aromatic N) is 1. The number of nitrogens with one attached hydrogen (secondary N) is 1. The number of hydrogen-bond donors (Lipinski definition) is 1. The summed E-state index contributed by atoms with van der Waals surface area (Å²) in [6, 6.07) is 12.1. The Labute approximate surface area is 148 Å². The molecule has 0 spiro atoms. The topological polar surface area (TPSA) is 37.8 Å². The van der Waals surface area contributed by atoms with Crippen LogP contribution in [-0.4, -0.2) is 9.55 Å². The average molecular weight is 352 g/mol. The highest BCUT2D eigenvalue weighted by Crippen LogP contribution is 2.29. The predicted octanol–water partition coefficient (Wildman–Crippen LogP) is 4.93. The number of benzene rings is 2. The highest BCUT2D eigenvalue weighted by molar-refractivity contribution is 5.86. The summed E-state index contributed by atoms with van der Waals surface area (Å²) in [4.78, 5) is 14.4. The number of fused-ring (bicyclic) bond motifs is 2. The van der Waals surface area contributed by atoms with Crippen molar-refractivity contribution in [2.45, 2.75) is 26.3 Å². The molecular weight excluding hydrogens is 334 g/mol. The standard InChI is InChI=1S/C21H18F2N2O/c1-12(2)16-11-25(18-6-4-3-5-15(16)18)10-13-9-19(26)24-21-14(13)7-8-17(22)20(21)23/h3-9,11-12H,10H2,1-2H3,(H,24,26). The highest BCUT2D eigenvalue weighted by Gasteiger charge is 2.15. The lowest BCUT2D eigenvalue weighted by atomic mass is 10.0. The number of aromatic nitrogens is 2. The first-order valence-electron chi connectivity index (χ1n) is 8.53. The van der Waals surface area contributed by atoms with Gasteiger partial charge in [0.05, 0.1) is 5.52 Å². The Hall–Kier alpha value is -2.95. The molecular formula is C21H18F2N2O. The first-order chi connectivity index (χ1) is 12.5. The zero-order valence-corrected chi connectivity index (χ0v) is 14.5. The fraction of sp³-hybridized carbons (Fsp3) is 0.190. The molecule has 26 heavy (non-hydrogen) atoms. The lowest BCUT2D eigenvalue weighted by Gasteiger charge is -2.10. The summed E-state index contributed by atoms with van der Waals surface area (Å²) in [6.45, 7) is 4.67. The number of rotatable bonds is 3. The minimum absolute atomic E-state index is 0.0898. The van der Waals surface area contributed by atoms with E-state index in [0.717, 1.165) is 17.0 Å². The summed E-state index contributed by atoms with van der Waals surface area (Å²) < 4.78 is 29.7. The van der Waals surface area contributed by atoms with Crippen LogP contribution in [-0.2, 0) is 6.54 Å². The molecule has 2 heterocycles. The normalized spacial score (nSPS) is 11.7. The van der Waals surface area contributed by atoms with Crippen molar-refractivity contribution in [3.8, 4) is 0 Å². The Balaban J connectivity index is 1.93. The summed E-state index contributed by atoms with van der Waals surface area (Å²) in [5.41, 5.74) is 2.38. The molecule has 0 saturated heterocycles. The lowest BCUT2D eigenvalue weighted by Crippen LogP contribution is -2.10. The van der Waals surface area contributed by atoms with Crippen LogP contribution in [0.2, 0.25) is 0 Å². The monoisotopic (exact) mass is 352 g/mol. The number of aromatic amines is 1. The van der Waals surface area contributed by atoms with Gasteiger partial charge in [0.15, 0.2) is 11.6 Å². The Morgan fingerprint density at radius 3 is 2.62 bits per heavy atom. The quantitative estimate of drug-likeness (QED) is 0.558. The SMILES string of the molecule is CC(C)c1cn(Cc2cc(=O)[nH]c3c(F)c(F)ccc23)c2ccccc12. The average Bonchev–Trinajstić information content (AvgIpc) is 2.98. The summed E-state index contributed by atoms with van der Waals surface area (Å²) in [7, 11) is 0. The van der Waals surface area contributed by atoms with Gasteiger partial charge in [0.25, 0.3) is 0 Å². The van der Waals surface area contributed by atoms with E-state index in [0.29, 0.717) is 23.4 Å². The summed E-state index contributed by atoms with van der Waals surface area (Å²) in [5.74, 6) is -1.65. The van der Waals surface area contributed by atoms with Crippen molar-refractivity contribution >= 4 is 21.8 Å². The maximum absolute atomic E-state index is 14.1. The van der Waals surface area contributed by atoms with Crippen LogP contribution in [0.1, 0.15) is 30.9 Å². The van der Waals surface area contributed by atoms with E-state index in [-0.39, 0.29) is 5.52 Å². The van der Waals surface area contributed by atoms with E-state index < -0.39 is 17.2 Å². The van der Waals surface area contributed by atoms with Crippen LogP contribution in [0.4, 0.5) is 8.78 Å². The molecule has 5 heteroatoms. The highest BCUT2D eigenvalue weighted by atomic mass is 19.2. The van der Waals surface area contributed by atoms with Crippen molar-refractivity contribution in [2.75, 3.05) is 0 Å². The summed E-state index contributed by atoms with van der Waals surface area (Å²) in [5, 5.41) is 1.67. The van der Waals surface area contributed by atoms with Gasteiger partial charge in [-0.1, -0.05) is 32.0 Å². The molecule has 4 aromatic rings. The molecule has 0 unspecified atom stereocenters. The first-order valence-corrected chi connectivity index (χ1v) is 8.53. The number of hydrogen-bond acceptors (Lipinski definition) is 1. The van der Waals surface area contributed by atoms with Crippen molar-refractivity contribution in [3.63, 3.8) is 0 Å². The van der Waals surface area contributed by atoms with Crippen LogP contribution in [0.15, 0.2) is 53.5 Å². The minimum Gasteiger partial charge on any atom is -0.343 e. The molecule has 1 N–H and O–H groups in total. The van der Waals surface area contributed by atoms with Crippen LogP contribution >= 0.6 is 0 Å². The van der Waals surface area contributed by atoms with E-state index in [1.165, 1.54) is 17.7 Å². The Bertz CT molecular complexity index is 1190. The molecule has 0 radical (unpaired) electrons. The molecule has 4 rings (SSSR count). The predicted molar refractivity (Wildman–Crippen MR) is 99.6 cm³/mol. The van der Waals surface area contributed by atoms with Crippen LogP contribution in [0.25, 0.3) is 21.8 Å². The van der Waals surface area contributed by atoms with Gasteiger partial charge in [-0.05, 0) is 35.2 Å². The third-order valence-corrected chi connectivity index (χ3v) is 4.78. The Kier molecular flexibility index (Phi) is 3.87. The van der Waals surface area contributed by atoms with Crippen molar-refractivity contribution in [1.82, 2.24) is 9.55 Å². The molecule has 0 atom stereocenters. The Morgan fingerprint density at radius 1 is 1.08 bits per heavy atom. The number of para-hydroxylation sites is 1. The Morgan fingerprint density at radius 2 is 1.85 bits per heavy atom. The van der Waals surface area contributed by atoms with Crippen LogP contribution in [0, 0.1) is 11.6 Å². The minimum atomic E-state index is -1.03. The van der Waals surface area contributed by atoms with Gasteiger partial charge in [-0.2, -0.15) is 0 Å². The number of halogens is 2. The second kappa shape index (κ2) is 6.09. The van der Waals surface area contributed by atoms with Crippen molar-refractivity contribution in [3.05, 3.63) is 81.8 Å². The lowest BCUT2D eigenvalue weighted by molar-refractivity contribution is 0.515. The molecule has 0 amide bonds. The molecule has 0 bridgehead atoms. The van der Waals surface area contributed by atoms with Crippen molar-refractivity contribution < 1.29 is 8.78 Å². The molecule has 0 fully saturated rings. The van der Waals surface area contributed by atoms with E-state index in [1.54, 1.807) is 0 Å². The van der Waals surface area contributed by atoms with Gasteiger partial charge in [0, 0.05) is 35.1 Å². The van der Waals surface area contributed by atoms with Crippen LogP contribution in [0.5, 0.6) is 0 Å². The van der Waals surface area contributed by atoms with E-state index in [2.05, 4.69) is 35.7 Å². The molecule has 0 aliphatic carbocycles. The van der Waals surface area contributed by atoms with E-state index in [9.17, 15) is 13.6 Å². The van der Waals surface area contributed by atoms with Gasteiger partial charge in [-0.3, -0.25) is 4.79 Å². The van der Waals surface area contributed by atoms with Crippen LogP contribution in [0.3, 0.4) is 0 Å². The number of pyridine rings is 1. The summed E-state index contributed by atoms with van der Waals surface area (Å²) >= 11 is 0. The molecule has 0 aliphatic heterocycles. The maximum Gasteiger partial charge on any atom is 0.248 e. The van der Waals surface area contributed by atoms with E-state index >= 15 is 0 Å². The van der Waals surface area contributed by atoms with Gasteiger partial charge in [-0.25, -0.2) is 8.78 Å². The van der Waals surface area contributed by atoms with Gasteiger partial charge in [-0.15, -0.1) is 0 Å². The smallest absolute Gasteiger partial charge is 0.248 e. The van der Waals surface area contributed by atoms with Gasteiger partial charge >= 0.3 is 0 Å². The third-order valence-electron chi connectivity index (χ3n) is 4.78. The van der Waals surface area contributed by atoms with E-state index in [1.807, 2.05) is 18.2 Å². The molecule has 2 aromatic heterocycles. The molecule has 0 saturated carbocycles. The maximum atomic E-state index is 14.1. The van der Waals surface area contributed by atoms with Gasteiger partial charge in [0.2, 0.25) is 5.56 Å². The first kappa shape index (κ1) is 16.5. The second-order valence-corrected chi connectivity index (χ2v) is 6.83. The molecule has 0 aliphatic rings. The fourth-order valence-electron chi connectivity index (χ4n) is 3.52. The van der Waals surface area contributed by atoms with Gasteiger partial charge in [0.1, 0.15) is 0 Å². The van der Waals surface area contributed by atoms with Gasteiger partial charge < -0.3 is 9.55 Å². The fourth-order valence-corrected chi connectivity index (χ4v) is 3.52. The largest absolute Gasteiger partial charge is 0.343 e. The van der Waals surface area contributed by atoms with Crippen LogP contribution < -0.4 is 5.56 Å². The number of H-pyrrole nitrogens is 1. The third kappa shape index (κ3) is 2.60. The summed E-state index contributed by atoms with van der Waals surface area (Å²) in [6.07, 6.45) is 2.07. The van der Waals surface area contributed by atoms with E-state index in [4.69, 9.17) is 0 Å². The molecule has 132 valence electrons. The van der Waals surface area contributed by atoms with Crippen molar-refractivity contribution in [2.24, 2.45) is 0 Å². The molecule has 2 aromatic carbocycles. The van der Waals surface area contributed by atoms with Crippen molar-refractivity contribution in [1.29, 1.82) is 0 Å². The zero-order chi connectivity index (χ0) is 18.4.